The third-order valence-electron chi connectivity index (χ3n) is 3.82. The minimum atomic E-state index is 0.782. The number of anilines is 1. The standard InChI is InChI=1S/C17H21N3O/c1-4-15-19-16(11(3)17(20-15)18-5-2)13-6-7-14-12(10-13)8-9-21-14/h6-7,10H,4-5,8-9H2,1-3H3,(H,18,19,20). The molecule has 2 aromatic rings. The van der Waals surface area contributed by atoms with Crippen LogP contribution >= 0.6 is 0 Å². The third-order valence-corrected chi connectivity index (χ3v) is 3.82. The highest BCUT2D eigenvalue weighted by Crippen LogP contribution is 2.32. The molecule has 0 unspecified atom stereocenters. The summed E-state index contributed by atoms with van der Waals surface area (Å²) in [5.41, 5.74) is 4.54. The number of hydrogen-bond donors (Lipinski definition) is 1. The molecule has 0 radical (unpaired) electrons. The van der Waals surface area contributed by atoms with Gasteiger partial charge < -0.3 is 10.1 Å². The van der Waals surface area contributed by atoms with Crippen LogP contribution in [0.1, 0.15) is 30.8 Å². The largest absolute Gasteiger partial charge is 0.493 e. The van der Waals surface area contributed by atoms with Gasteiger partial charge in [0.15, 0.2) is 0 Å². The lowest BCUT2D eigenvalue weighted by Crippen LogP contribution is -2.07. The summed E-state index contributed by atoms with van der Waals surface area (Å²) in [6.07, 6.45) is 1.81. The molecule has 0 amide bonds. The summed E-state index contributed by atoms with van der Waals surface area (Å²) in [7, 11) is 0. The molecule has 110 valence electrons. The van der Waals surface area contributed by atoms with Gasteiger partial charge in [0.05, 0.1) is 12.3 Å². The molecule has 0 bridgehead atoms. The fraction of sp³-hybridized carbons (Fsp3) is 0.412. The van der Waals surface area contributed by atoms with Gasteiger partial charge in [0.25, 0.3) is 0 Å². The Bertz CT molecular complexity index is 667. The van der Waals surface area contributed by atoms with E-state index in [-0.39, 0.29) is 0 Å². The van der Waals surface area contributed by atoms with Crippen molar-refractivity contribution in [1.29, 1.82) is 0 Å². The zero-order valence-electron chi connectivity index (χ0n) is 12.9. The van der Waals surface area contributed by atoms with E-state index in [1.54, 1.807) is 0 Å². The molecule has 21 heavy (non-hydrogen) atoms. The van der Waals surface area contributed by atoms with Gasteiger partial charge in [-0.25, -0.2) is 9.97 Å². The van der Waals surface area contributed by atoms with Crippen molar-refractivity contribution in [1.82, 2.24) is 9.97 Å². The Hall–Kier alpha value is -2.10. The molecule has 4 nitrogen and oxygen atoms in total. The first-order valence-electron chi connectivity index (χ1n) is 7.60. The molecule has 1 aromatic heterocycles. The minimum Gasteiger partial charge on any atom is -0.493 e. The predicted molar refractivity (Wildman–Crippen MR) is 84.9 cm³/mol. The van der Waals surface area contributed by atoms with Gasteiger partial charge >= 0.3 is 0 Å². The topological polar surface area (TPSA) is 47.0 Å². The van der Waals surface area contributed by atoms with Crippen LogP contribution in [0.3, 0.4) is 0 Å². The molecule has 0 saturated heterocycles. The maximum Gasteiger partial charge on any atom is 0.133 e. The van der Waals surface area contributed by atoms with Crippen LogP contribution in [0.5, 0.6) is 5.75 Å². The summed E-state index contributed by atoms with van der Waals surface area (Å²) in [5.74, 6) is 2.83. The smallest absolute Gasteiger partial charge is 0.133 e. The van der Waals surface area contributed by atoms with E-state index >= 15 is 0 Å². The highest BCUT2D eigenvalue weighted by molar-refractivity contribution is 5.70. The monoisotopic (exact) mass is 283 g/mol. The number of aryl methyl sites for hydroxylation is 1. The van der Waals surface area contributed by atoms with Gasteiger partial charge in [-0.05, 0) is 37.6 Å². The Morgan fingerprint density at radius 1 is 1.24 bits per heavy atom. The van der Waals surface area contributed by atoms with Crippen LogP contribution < -0.4 is 10.1 Å². The molecule has 0 fully saturated rings. The Labute approximate surface area is 125 Å². The number of hydrogen-bond acceptors (Lipinski definition) is 4. The Balaban J connectivity index is 2.10. The van der Waals surface area contributed by atoms with Crippen LogP contribution in [0.25, 0.3) is 11.3 Å². The number of aromatic nitrogens is 2. The molecular weight excluding hydrogens is 262 g/mol. The number of rotatable bonds is 4. The van der Waals surface area contributed by atoms with E-state index in [0.29, 0.717) is 0 Å². The van der Waals surface area contributed by atoms with Gasteiger partial charge in [-0.15, -0.1) is 0 Å². The number of nitrogens with zero attached hydrogens (tertiary/aromatic N) is 2. The van der Waals surface area contributed by atoms with E-state index in [2.05, 4.69) is 49.3 Å². The van der Waals surface area contributed by atoms with Gasteiger partial charge in [-0.3, -0.25) is 0 Å². The van der Waals surface area contributed by atoms with Crippen LogP contribution in [0.15, 0.2) is 18.2 Å². The van der Waals surface area contributed by atoms with Crippen LogP contribution in [-0.2, 0) is 12.8 Å². The lowest BCUT2D eigenvalue weighted by atomic mass is 10.0. The molecule has 2 heterocycles. The van der Waals surface area contributed by atoms with Crippen molar-refractivity contribution >= 4 is 5.82 Å². The molecule has 0 spiro atoms. The lowest BCUT2D eigenvalue weighted by molar-refractivity contribution is 0.357. The average molecular weight is 283 g/mol. The molecule has 0 aliphatic carbocycles. The maximum absolute atomic E-state index is 5.58. The van der Waals surface area contributed by atoms with Gasteiger partial charge in [-0.2, -0.15) is 0 Å². The predicted octanol–water partition coefficient (Wildman–Crippen LogP) is 3.38. The van der Waals surface area contributed by atoms with Gasteiger partial charge in [0.2, 0.25) is 0 Å². The van der Waals surface area contributed by atoms with E-state index in [0.717, 1.165) is 60.2 Å². The summed E-state index contributed by atoms with van der Waals surface area (Å²) in [6, 6.07) is 6.35. The molecule has 1 aromatic carbocycles. The van der Waals surface area contributed by atoms with Crippen molar-refractivity contribution in [3.05, 3.63) is 35.2 Å². The second-order valence-corrected chi connectivity index (χ2v) is 5.27. The van der Waals surface area contributed by atoms with Crippen molar-refractivity contribution in [3.8, 4) is 17.0 Å². The molecule has 1 N–H and O–H groups in total. The van der Waals surface area contributed by atoms with E-state index < -0.39 is 0 Å². The zero-order chi connectivity index (χ0) is 14.8. The lowest BCUT2D eigenvalue weighted by Gasteiger charge is -2.13. The molecular formula is C17H21N3O. The fourth-order valence-corrected chi connectivity index (χ4v) is 2.68. The molecule has 1 aliphatic rings. The van der Waals surface area contributed by atoms with E-state index in [1.807, 2.05) is 0 Å². The van der Waals surface area contributed by atoms with Gasteiger partial charge in [0, 0.05) is 30.5 Å². The highest BCUT2D eigenvalue weighted by atomic mass is 16.5. The molecule has 0 atom stereocenters. The number of fused-ring (bicyclic) bond motifs is 1. The van der Waals surface area contributed by atoms with Crippen molar-refractivity contribution < 1.29 is 4.74 Å². The van der Waals surface area contributed by atoms with Crippen molar-refractivity contribution in [3.63, 3.8) is 0 Å². The quantitative estimate of drug-likeness (QED) is 0.934. The maximum atomic E-state index is 5.58. The van der Waals surface area contributed by atoms with Crippen LogP contribution in [0.4, 0.5) is 5.82 Å². The Morgan fingerprint density at radius 2 is 2.10 bits per heavy atom. The van der Waals surface area contributed by atoms with Crippen molar-refractivity contribution in [2.45, 2.75) is 33.6 Å². The fourth-order valence-electron chi connectivity index (χ4n) is 2.68. The molecule has 4 heteroatoms. The first-order chi connectivity index (χ1) is 10.2. The zero-order valence-corrected chi connectivity index (χ0v) is 12.9. The second-order valence-electron chi connectivity index (χ2n) is 5.27. The molecule has 3 rings (SSSR count). The second kappa shape index (κ2) is 5.72. The van der Waals surface area contributed by atoms with E-state index in [1.165, 1.54) is 5.56 Å². The summed E-state index contributed by atoms with van der Waals surface area (Å²) in [4.78, 5) is 9.33. The van der Waals surface area contributed by atoms with E-state index in [9.17, 15) is 0 Å². The first-order valence-corrected chi connectivity index (χ1v) is 7.60. The van der Waals surface area contributed by atoms with Crippen molar-refractivity contribution in [2.24, 2.45) is 0 Å². The van der Waals surface area contributed by atoms with Gasteiger partial charge in [-0.1, -0.05) is 6.92 Å². The van der Waals surface area contributed by atoms with Crippen LogP contribution in [0.2, 0.25) is 0 Å². The first kappa shape index (κ1) is 13.9. The minimum absolute atomic E-state index is 0.782. The van der Waals surface area contributed by atoms with Crippen molar-refractivity contribution in [2.75, 3.05) is 18.5 Å². The summed E-state index contributed by atoms with van der Waals surface area (Å²) in [5, 5.41) is 3.34. The Kier molecular flexibility index (Phi) is 3.78. The van der Waals surface area contributed by atoms with Crippen LogP contribution in [0, 0.1) is 6.92 Å². The third kappa shape index (κ3) is 2.58. The SMILES string of the molecule is CCNc1nc(CC)nc(-c2ccc3c(c2)CCO3)c1C. The molecule has 1 aliphatic heterocycles. The summed E-state index contributed by atoms with van der Waals surface area (Å²) >= 11 is 0. The normalized spacial score (nSPS) is 12.9. The van der Waals surface area contributed by atoms with E-state index in [4.69, 9.17) is 9.72 Å². The number of benzene rings is 1. The number of ether oxygens (including phenoxy) is 1. The van der Waals surface area contributed by atoms with Gasteiger partial charge in [0.1, 0.15) is 17.4 Å². The highest BCUT2D eigenvalue weighted by Gasteiger charge is 2.16. The number of nitrogens with one attached hydrogen (secondary N) is 1. The summed E-state index contributed by atoms with van der Waals surface area (Å²) < 4.78 is 5.58. The molecule has 0 saturated carbocycles. The van der Waals surface area contributed by atoms with Crippen LogP contribution in [-0.4, -0.2) is 23.1 Å². The summed E-state index contributed by atoms with van der Waals surface area (Å²) in [6.45, 7) is 7.89. The average Bonchev–Trinajstić information content (AvgIpc) is 2.97. The Morgan fingerprint density at radius 3 is 2.86 bits per heavy atom.